The van der Waals surface area contributed by atoms with Crippen molar-refractivity contribution in [1.29, 1.82) is 0 Å². The van der Waals surface area contributed by atoms with Gasteiger partial charge in [-0.15, -0.1) is 11.3 Å². The van der Waals surface area contributed by atoms with E-state index < -0.39 is 0 Å². The number of likely N-dealkylation sites (N-methyl/N-ethyl adjacent to an activating group) is 1. The molecule has 0 fully saturated rings. The Morgan fingerprint density at radius 3 is 2.75 bits per heavy atom. The fourth-order valence-electron chi connectivity index (χ4n) is 1.34. The average Bonchev–Trinajstić information content (AvgIpc) is 2.76. The van der Waals surface area contributed by atoms with Crippen molar-refractivity contribution in [3.63, 3.8) is 0 Å². The predicted molar refractivity (Wildman–Crippen MR) is 73.2 cm³/mol. The number of hydrogen-bond donors (Lipinski definition) is 0. The van der Waals surface area contributed by atoms with Crippen molar-refractivity contribution in [2.24, 2.45) is 5.92 Å². The molecule has 1 unspecified atom stereocenters. The van der Waals surface area contributed by atoms with Crippen molar-refractivity contribution in [2.45, 2.75) is 25.1 Å². The van der Waals surface area contributed by atoms with E-state index >= 15 is 0 Å². The lowest BCUT2D eigenvalue weighted by Gasteiger charge is -2.22. The van der Waals surface area contributed by atoms with Crippen LogP contribution in [0.5, 0.6) is 0 Å². The maximum absolute atomic E-state index is 11.9. The molecule has 0 radical (unpaired) electrons. The first-order valence-electron chi connectivity index (χ1n) is 5.43. The molecule has 0 N–H and O–H groups in total. The van der Waals surface area contributed by atoms with Gasteiger partial charge < -0.3 is 4.90 Å². The van der Waals surface area contributed by atoms with Crippen molar-refractivity contribution in [3.8, 4) is 0 Å². The fraction of sp³-hybridized carbons (Fsp3) is 0.583. The Labute approximate surface area is 110 Å². The van der Waals surface area contributed by atoms with Crippen LogP contribution >= 0.6 is 27.3 Å². The summed E-state index contributed by atoms with van der Waals surface area (Å²) < 4.78 is 0. The van der Waals surface area contributed by atoms with Crippen LogP contribution in [0, 0.1) is 5.92 Å². The van der Waals surface area contributed by atoms with Gasteiger partial charge in [-0.3, -0.25) is 4.79 Å². The molecule has 0 aromatic carbocycles. The lowest BCUT2D eigenvalue weighted by molar-refractivity contribution is -0.129. The largest absolute Gasteiger partial charge is 0.344 e. The summed E-state index contributed by atoms with van der Waals surface area (Å²) in [5, 5.41) is 2.07. The van der Waals surface area contributed by atoms with Crippen LogP contribution in [0.3, 0.4) is 0 Å². The van der Waals surface area contributed by atoms with Crippen molar-refractivity contribution in [2.75, 3.05) is 13.6 Å². The number of alkyl halides is 1. The second-order valence-electron chi connectivity index (χ2n) is 4.23. The SMILES string of the molecule is CC(C)C(Br)C(=O)N(C)CCc1cccs1. The predicted octanol–water partition coefficient (Wildman–Crippen LogP) is 3.17. The van der Waals surface area contributed by atoms with E-state index in [2.05, 4.69) is 27.4 Å². The number of halogens is 1. The molecule has 16 heavy (non-hydrogen) atoms. The zero-order valence-corrected chi connectivity index (χ0v) is 12.3. The van der Waals surface area contributed by atoms with E-state index in [1.807, 2.05) is 27.0 Å². The highest BCUT2D eigenvalue weighted by molar-refractivity contribution is 9.10. The van der Waals surface area contributed by atoms with E-state index in [9.17, 15) is 4.79 Å². The van der Waals surface area contributed by atoms with E-state index in [0.717, 1.165) is 13.0 Å². The number of nitrogens with zero attached hydrogens (tertiary/aromatic N) is 1. The third-order valence-electron chi connectivity index (χ3n) is 2.47. The molecule has 90 valence electrons. The first kappa shape index (κ1) is 13.7. The van der Waals surface area contributed by atoms with Gasteiger partial charge in [-0.05, 0) is 23.8 Å². The number of rotatable bonds is 5. The van der Waals surface area contributed by atoms with Gasteiger partial charge >= 0.3 is 0 Å². The monoisotopic (exact) mass is 303 g/mol. The molecule has 0 aliphatic rings. The van der Waals surface area contributed by atoms with Crippen molar-refractivity contribution >= 4 is 33.2 Å². The van der Waals surface area contributed by atoms with Crippen LogP contribution in [0.2, 0.25) is 0 Å². The molecule has 1 heterocycles. The number of hydrogen-bond acceptors (Lipinski definition) is 2. The maximum atomic E-state index is 11.9. The molecule has 1 atom stereocenters. The van der Waals surface area contributed by atoms with E-state index in [-0.39, 0.29) is 10.7 Å². The van der Waals surface area contributed by atoms with E-state index in [4.69, 9.17) is 0 Å². The highest BCUT2D eigenvalue weighted by Crippen LogP contribution is 2.15. The highest BCUT2D eigenvalue weighted by Gasteiger charge is 2.21. The van der Waals surface area contributed by atoms with Crippen LogP contribution in [-0.4, -0.2) is 29.2 Å². The van der Waals surface area contributed by atoms with Crippen LogP contribution in [0.25, 0.3) is 0 Å². The summed E-state index contributed by atoms with van der Waals surface area (Å²) in [6.45, 7) is 4.88. The second-order valence-corrected chi connectivity index (χ2v) is 6.25. The van der Waals surface area contributed by atoms with Gasteiger partial charge in [-0.2, -0.15) is 0 Å². The zero-order chi connectivity index (χ0) is 12.1. The quantitative estimate of drug-likeness (QED) is 0.765. The van der Waals surface area contributed by atoms with Gasteiger partial charge in [0.1, 0.15) is 0 Å². The van der Waals surface area contributed by atoms with Crippen LogP contribution in [0.1, 0.15) is 18.7 Å². The topological polar surface area (TPSA) is 20.3 Å². The number of amides is 1. The molecule has 0 spiro atoms. The van der Waals surface area contributed by atoms with Crippen molar-refractivity contribution in [3.05, 3.63) is 22.4 Å². The number of carbonyl (C=O) groups excluding carboxylic acids is 1. The van der Waals surface area contributed by atoms with Crippen molar-refractivity contribution in [1.82, 2.24) is 4.90 Å². The lowest BCUT2D eigenvalue weighted by Crippen LogP contribution is -2.37. The summed E-state index contributed by atoms with van der Waals surface area (Å²) in [5.74, 6) is 0.503. The molecule has 0 saturated carbocycles. The summed E-state index contributed by atoms with van der Waals surface area (Å²) in [6, 6.07) is 4.15. The number of thiophene rings is 1. The normalized spacial score (nSPS) is 12.8. The molecule has 0 aliphatic heterocycles. The molecule has 2 nitrogen and oxygen atoms in total. The molecular weight excluding hydrogens is 286 g/mol. The minimum Gasteiger partial charge on any atom is -0.344 e. The summed E-state index contributed by atoms with van der Waals surface area (Å²) in [7, 11) is 1.87. The van der Waals surface area contributed by atoms with Gasteiger partial charge in [-0.25, -0.2) is 0 Å². The van der Waals surface area contributed by atoms with Crippen LogP contribution in [-0.2, 0) is 11.2 Å². The van der Waals surface area contributed by atoms with Gasteiger partial charge in [0.25, 0.3) is 0 Å². The Bertz CT molecular complexity index is 324. The first-order chi connectivity index (χ1) is 7.52. The van der Waals surface area contributed by atoms with Crippen LogP contribution < -0.4 is 0 Å². The minimum atomic E-state index is -0.0687. The summed E-state index contributed by atoms with van der Waals surface area (Å²) >= 11 is 5.18. The number of carbonyl (C=O) groups is 1. The molecule has 0 bridgehead atoms. The Hall–Kier alpha value is -0.350. The molecule has 0 saturated heterocycles. The Kier molecular flexibility index (Phi) is 5.49. The molecule has 1 amide bonds. The standard InChI is InChI=1S/C12H18BrNOS/c1-9(2)11(13)12(15)14(3)7-6-10-5-4-8-16-10/h4-5,8-9,11H,6-7H2,1-3H3. The van der Waals surface area contributed by atoms with E-state index in [1.165, 1.54) is 4.88 Å². The van der Waals surface area contributed by atoms with Gasteiger partial charge in [0.15, 0.2) is 0 Å². The van der Waals surface area contributed by atoms with E-state index in [0.29, 0.717) is 5.92 Å². The summed E-state index contributed by atoms with van der Waals surface area (Å²) in [4.78, 5) is 15.0. The Balaban J connectivity index is 2.40. The minimum absolute atomic E-state index is 0.0687. The smallest absolute Gasteiger partial charge is 0.236 e. The van der Waals surface area contributed by atoms with Crippen molar-refractivity contribution < 1.29 is 4.79 Å². The van der Waals surface area contributed by atoms with Gasteiger partial charge in [0, 0.05) is 18.5 Å². The molecule has 4 heteroatoms. The lowest BCUT2D eigenvalue weighted by atomic mass is 10.1. The van der Waals surface area contributed by atoms with Crippen LogP contribution in [0.15, 0.2) is 17.5 Å². The summed E-state index contributed by atoms with van der Waals surface area (Å²) in [6.07, 6.45) is 0.942. The van der Waals surface area contributed by atoms with Crippen LogP contribution in [0.4, 0.5) is 0 Å². The molecule has 1 aromatic heterocycles. The molecular formula is C12H18BrNOS. The average molecular weight is 304 g/mol. The zero-order valence-electron chi connectivity index (χ0n) is 9.94. The fourth-order valence-corrected chi connectivity index (χ4v) is 2.39. The molecule has 0 aliphatic carbocycles. The maximum Gasteiger partial charge on any atom is 0.236 e. The van der Waals surface area contributed by atoms with Gasteiger partial charge in [-0.1, -0.05) is 35.8 Å². The van der Waals surface area contributed by atoms with Gasteiger partial charge in [0.05, 0.1) is 4.83 Å². The third-order valence-corrected chi connectivity index (χ3v) is 4.86. The van der Waals surface area contributed by atoms with E-state index in [1.54, 1.807) is 16.2 Å². The molecule has 1 rings (SSSR count). The first-order valence-corrected chi connectivity index (χ1v) is 7.23. The Morgan fingerprint density at radius 2 is 2.25 bits per heavy atom. The third kappa shape index (κ3) is 3.91. The Morgan fingerprint density at radius 1 is 1.56 bits per heavy atom. The van der Waals surface area contributed by atoms with Gasteiger partial charge in [0.2, 0.25) is 5.91 Å². The molecule has 1 aromatic rings. The second kappa shape index (κ2) is 6.40. The summed E-state index contributed by atoms with van der Waals surface area (Å²) in [5.41, 5.74) is 0. The highest BCUT2D eigenvalue weighted by atomic mass is 79.9.